The lowest BCUT2D eigenvalue weighted by Gasteiger charge is -2.18. The molecule has 0 aromatic carbocycles. The number of nitrogens with zero attached hydrogens (tertiary/aromatic N) is 2. The Morgan fingerprint density at radius 1 is 1.44 bits per heavy atom. The minimum absolute atomic E-state index is 0.0167. The summed E-state index contributed by atoms with van der Waals surface area (Å²) in [5.41, 5.74) is -0.527. The zero-order valence-corrected chi connectivity index (χ0v) is 9.72. The van der Waals surface area contributed by atoms with Crippen molar-refractivity contribution in [3.05, 3.63) is 28.2 Å². The predicted molar refractivity (Wildman–Crippen MR) is 58.5 cm³/mol. The van der Waals surface area contributed by atoms with Gasteiger partial charge in [0.05, 0.1) is 6.61 Å². The number of aliphatic hydroxyl groups is 3. The minimum atomic E-state index is -1.31. The Labute approximate surface area is 102 Å². The van der Waals surface area contributed by atoms with E-state index < -0.39 is 36.8 Å². The van der Waals surface area contributed by atoms with Gasteiger partial charge < -0.3 is 20.1 Å². The topological polar surface area (TPSA) is 121 Å². The number of hydrogen-bond acceptors (Lipinski definition) is 6. The standard InChI is InChI=1S/C10H15N3O5/c1-12-6(11)2-3-13(10(12)17)9-8(16)7(15)5(4-14)18-9/h2-3,5,7-9,11,14-16H,4H2,1H3/t5-,7+,8?,9-/m1/s1. The molecule has 1 saturated heterocycles. The largest absolute Gasteiger partial charge is 0.394 e. The first-order valence-electron chi connectivity index (χ1n) is 5.42. The summed E-state index contributed by atoms with van der Waals surface area (Å²) in [6, 6.07) is 1.37. The molecule has 1 aliphatic rings. The van der Waals surface area contributed by atoms with Crippen LogP contribution in [-0.2, 0) is 11.8 Å². The van der Waals surface area contributed by atoms with Crippen molar-refractivity contribution in [2.24, 2.45) is 7.05 Å². The number of hydrogen-bond donors (Lipinski definition) is 4. The molecule has 18 heavy (non-hydrogen) atoms. The third-order valence-corrected chi connectivity index (χ3v) is 3.05. The summed E-state index contributed by atoms with van der Waals surface area (Å²) in [5, 5.41) is 35.8. The van der Waals surface area contributed by atoms with E-state index in [-0.39, 0.29) is 5.49 Å². The van der Waals surface area contributed by atoms with Gasteiger partial charge in [-0.3, -0.25) is 14.5 Å². The molecule has 1 fully saturated rings. The van der Waals surface area contributed by atoms with Gasteiger partial charge >= 0.3 is 5.69 Å². The summed E-state index contributed by atoms with van der Waals surface area (Å²) in [6.07, 6.45) is -3.26. The average Bonchev–Trinajstić information content (AvgIpc) is 2.64. The molecule has 4 atom stereocenters. The van der Waals surface area contributed by atoms with E-state index in [1.807, 2.05) is 0 Å². The van der Waals surface area contributed by atoms with Crippen molar-refractivity contribution in [1.82, 2.24) is 9.13 Å². The maximum Gasteiger partial charge on any atom is 0.331 e. The monoisotopic (exact) mass is 257 g/mol. The van der Waals surface area contributed by atoms with Crippen molar-refractivity contribution in [2.45, 2.75) is 24.5 Å². The minimum Gasteiger partial charge on any atom is -0.394 e. The Morgan fingerprint density at radius 2 is 2.11 bits per heavy atom. The molecule has 1 unspecified atom stereocenters. The molecule has 8 heteroatoms. The van der Waals surface area contributed by atoms with E-state index in [0.717, 1.165) is 9.13 Å². The molecular weight excluding hydrogens is 242 g/mol. The van der Waals surface area contributed by atoms with Crippen LogP contribution in [-0.4, -0.2) is 49.4 Å². The molecule has 0 spiro atoms. The second-order valence-corrected chi connectivity index (χ2v) is 4.18. The molecule has 1 aromatic heterocycles. The fourth-order valence-electron chi connectivity index (χ4n) is 1.91. The Hall–Kier alpha value is -1.48. The highest BCUT2D eigenvalue weighted by atomic mass is 16.6. The first-order chi connectivity index (χ1) is 8.47. The summed E-state index contributed by atoms with van der Waals surface area (Å²) in [5.74, 6) is 0. The van der Waals surface area contributed by atoms with Gasteiger partial charge in [0, 0.05) is 13.2 Å². The van der Waals surface area contributed by atoms with E-state index in [0.29, 0.717) is 0 Å². The number of rotatable bonds is 2. The van der Waals surface area contributed by atoms with Crippen LogP contribution in [0, 0.1) is 5.41 Å². The summed E-state index contributed by atoms with van der Waals surface area (Å²) in [7, 11) is 1.42. The highest BCUT2D eigenvalue weighted by molar-refractivity contribution is 4.93. The molecule has 8 nitrogen and oxygen atoms in total. The van der Waals surface area contributed by atoms with Crippen molar-refractivity contribution >= 4 is 0 Å². The molecule has 1 aromatic rings. The first kappa shape index (κ1) is 13.0. The van der Waals surface area contributed by atoms with Crippen molar-refractivity contribution < 1.29 is 20.1 Å². The fourth-order valence-corrected chi connectivity index (χ4v) is 1.91. The summed E-state index contributed by atoms with van der Waals surface area (Å²) in [4.78, 5) is 11.9. The van der Waals surface area contributed by atoms with Crippen molar-refractivity contribution in [2.75, 3.05) is 6.61 Å². The molecule has 0 saturated carbocycles. The SMILES string of the molecule is Cn1c(=N)ccn([C@@H]2O[C@H](CO)[C@H](O)C2O)c1=O. The van der Waals surface area contributed by atoms with Crippen LogP contribution in [0.1, 0.15) is 6.23 Å². The lowest BCUT2D eigenvalue weighted by atomic mass is 10.1. The molecule has 4 N–H and O–H groups in total. The van der Waals surface area contributed by atoms with Crippen LogP contribution in [0.3, 0.4) is 0 Å². The second-order valence-electron chi connectivity index (χ2n) is 4.18. The van der Waals surface area contributed by atoms with E-state index >= 15 is 0 Å². The van der Waals surface area contributed by atoms with E-state index in [4.69, 9.17) is 15.3 Å². The normalized spacial score (nSPS) is 31.8. The smallest absolute Gasteiger partial charge is 0.331 e. The first-order valence-corrected chi connectivity index (χ1v) is 5.42. The van der Waals surface area contributed by atoms with Crippen molar-refractivity contribution in [3.8, 4) is 0 Å². The third kappa shape index (κ3) is 1.89. The van der Waals surface area contributed by atoms with E-state index in [1.54, 1.807) is 0 Å². The van der Waals surface area contributed by atoms with Gasteiger partial charge in [-0.1, -0.05) is 0 Å². The number of aromatic nitrogens is 2. The lowest BCUT2D eigenvalue weighted by molar-refractivity contribution is -0.0555. The fraction of sp³-hybridized carbons (Fsp3) is 0.600. The number of ether oxygens (including phenoxy) is 1. The van der Waals surface area contributed by atoms with Crippen LogP contribution in [0.2, 0.25) is 0 Å². The molecule has 0 radical (unpaired) electrons. The lowest BCUT2D eigenvalue weighted by Crippen LogP contribution is -2.41. The van der Waals surface area contributed by atoms with Crippen LogP contribution >= 0.6 is 0 Å². The summed E-state index contributed by atoms with van der Waals surface area (Å²) < 4.78 is 7.40. The number of nitrogens with one attached hydrogen (secondary N) is 1. The molecule has 0 amide bonds. The highest BCUT2D eigenvalue weighted by Crippen LogP contribution is 2.27. The molecule has 0 aliphatic carbocycles. The highest BCUT2D eigenvalue weighted by Gasteiger charge is 2.43. The van der Waals surface area contributed by atoms with Crippen LogP contribution in [0.15, 0.2) is 17.1 Å². The summed E-state index contributed by atoms with van der Waals surface area (Å²) >= 11 is 0. The van der Waals surface area contributed by atoms with Crippen LogP contribution < -0.4 is 11.2 Å². The Bertz CT molecular complexity index is 551. The van der Waals surface area contributed by atoms with E-state index in [9.17, 15) is 15.0 Å². The molecular formula is C10H15N3O5. The van der Waals surface area contributed by atoms with Gasteiger partial charge in [-0.15, -0.1) is 0 Å². The van der Waals surface area contributed by atoms with Crippen LogP contribution in [0.25, 0.3) is 0 Å². The zero-order valence-electron chi connectivity index (χ0n) is 9.72. The molecule has 100 valence electrons. The molecule has 1 aliphatic heterocycles. The van der Waals surface area contributed by atoms with Crippen molar-refractivity contribution in [1.29, 1.82) is 5.41 Å². The van der Waals surface area contributed by atoms with Crippen LogP contribution in [0.4, 0.5) is 0 Å². The Morgan fingerprint density at radius 3 is 2.67 bits per heavy atom. The van der Waals surface area contributed by atoms with Crippen molar-refractivity contribution in [3.63, 3.8) is 0 Å². The van der Waals surface area contributed by atoms with Gasteiger partial charge in [-0.2, -0.15) is 0 Å². The van der Waals surface area contributed by atoms with Gasteiger partial charge in [-0.05, 0) is 6.07 Å². The van der Waals surface area contributed by atoms with E-state index in [2.05, 4.69) is 0 Å². The predicted octanol–water partition coefficient (Wildman–Crippen LogP) is -2.72. The van der Waals surface area contributed by atoms with Gasteiger partial charge in [0.2, 0.25) is 0 Å². The maximum atomic E-state index is 11.9. The molecule has 2 heterocycles. The van der Waals surface area contributed by atoms with Crippen LogP contribution in [0.5, 0.6) is 0 Å². The molecule has 2 rings (SSSR count). The Kier molecular flexibility index (Phi) is 3.35. The Balaban J connectivity index is 2.42. The third-order valence-electron chi connectivity index (χ3n) is 3.05. The van der Waals surface area contributed by atoms with E-state index in [1.165, 1.54) is 19.3 Å². The van der Waals surface area contributed by atoms with Gasteiger partial charge in [0.1, 0.15) is 23.8 Å². The summed E-state index contributed by atoms with van der Waals surface area (Å²) in [6.45, 7) is -0.452. The quantitative estimate of drug-likeness (QED) is 0.458. The van der Waals surface area contributed by atoms with Gasteiger partial charge in [-0.25, -0.2) is 4.79 Å². The molecule has 0 bridgehead atoms. The van der Waals surface area contributed by atoms with Gasteiger partial charge in [0.25, 0.3) is 0 Å². The maximum absolute atomic E-state index is 11.9. The average molecular weight is 257 g/mol. The second kappa shape index (κ2) is 4.65. The van der Waals surface area contributed by atoms with Gasteiger partial charge in [0.15, 0.2) is 6.23 Å². The number of aliphatic hydroxyl groups excluding tert-OH is 3. The zero-order chi connectivity index (χ0) is 13.4.